The van der Waals surface area contributed by atoms with Gasteiger partial charge in [0.2, 0.25) is 6.29 Å². The summed E-state index contributed by atoms with van der Waals surface area (Å²) in [6, 6.07) is 73.3. The monoisotopic (exact) mass is 801 g/mol. The number of fused-ring (bicyclic) bond motifs is 18. The first-order chi connectivity index (χ1) is 31.3. The summed E-state index contributed by atoms with van der Waals surface area (Å²) in [5.74, 6) is 0. The van der Waals surface area contributed by atoms with Crippen molar-refractivity contribution in [3.05, 3.63) is 211 Å². The molecule has 0 spiro atoms. The van der Waals surface area contributed by atoms with E-state index in [4.69, 9.17) is 4.99 Å². The lowest BCUT2D eigenvalue weighted by Crippen LogP contribution is -2.25. The molecule has 4 aromatic heterocycles. The predicted molar refractivity (Wildman–Crippen MR) is 265 cm³/mol. The molecule has 1 aliphatic rings. The first-order valence-corrected chi connectivity index (χ1v) is 21.8. The summed E-state index contributed by atoms with van der Waals surface area (Å²) < 4.78 is 7.46. The highest BCUT2D eigenvalue weighted by molar-refractivity contribution is 6.39. The van der Waals surface area contributed by atoms with Crippen molar-refractivity contribution >= 4 is 115 Å². The molecule has 0 amide bonds. The Kier molecular flexibility index (Phi) is 6.41. The average Bonchev–Trinajstić information content (AvgIpc) is 4.08. The van der Waals surface area contributed by atoms with E-state index in [-0.39, 0.29) is 0 Å². The van der Waals surface area contributed by atoms with Crippen LogP contribution in [0.25, 0.3) is 109 Å². The molecule has 5 nitrogen and oxygen atoms in total. The number of rotatable bonds is 3. The molecule has 0 aliphatic carbocycles. The number of hydrogen-bond acceptors (Lipinski definition) is 2. The summed E-state index contributed by atoms with van der Waals surface area (Å²) in [5.41, 5.74) is 13.7. The van der Waals surface area contributed by atoms with Crippen LogP contribution in [0.4, 0.5) is 5.69 Å². The fourth-order valence-corrected chi connectivity index (χ4v) is 11.4. The van der Waals surface area contributed by atoms with Gasteiger partial charge in [-0.15, -0.1) is 0 Å². The van der Waals surface area contributed by atoms with Crippen molar-refractivity contribution in [1.82, 2.24) is 13.5 Å². The first-order valence-electron chi connectivity index (χ1n) is 21.8. The smallest absolute Gasteiger partial charge is 0.201 e. The minimum Gasteiger partial charge on any atom is -0.346 e. The van der Waals surface area contributed by atoms with Crippen LogP contribution in [0, 0.1) is 0 Å². The standard InChI is InChI=1S/C58H35N5/c1-2-17-37(18-3-1)61-48-27-12-9-19-38(48)39-30-29-36(33-50(39)61)54-43-22-8-11-26-47(43)59-58(60-54)63-49-28-13-10-23-44(49)52-40-20-6-7-21-41(40)53-45-25-14-24-42-46-31-34-15-4-5-16-35(34)32-51(46)62(55(42)45)56(53)57(52)63/h1-33,58-59H. The normalized spacial score (nSPS) is 14.4. The van der Waals surface area contributed by atoms with E-state index in [1.165, 1.54) is 92.2 Å². The zero-order valence-electron chi connectivity index (χ0n) is 33.9. The first kappa shape index (κ1) is 33.3. The number of aliphatic imine (C=N–C) groups is 1. The van der Waals surface area contributed by atoms with E-state index in [0.29, 0.717) is 0 Å². The van der Waals surface area contributed by atoms with Crippen molar-refractivity contribution in [3.8, 4) is 5.69 Å². The summed E-state index contributed by atoms with van der Waals surface area (Å²) >= 11 is 0. The molecule has 0 bridgehead atoms. The molecule has 63 heavy (non-hydrogen) atoms. The Hall–Kier alpha value is -8.41. The van der Waals surface area contributed by atoms with E-state index >= 15 is 0 Å². The van der Waals surface area contributed by atoms with Crippen molar-refractivity contribution in [2.24, 2.45) is 4.99 Å². The number of para-hydroxylation sites is 5. The van der Waals surface area contributed by atoms with E-state index < -0.39 is 6.29 Å². The van der Waals surface area contributed by atoms with Crippen molar-refractivity contribution < 1.29 is 0 Å². The predicted octanol–water partition coefficient (Wildman–Crippen LogP) is 14.8. The van der Waals surface area contributed by atoms with Crippen LogP contribution in [0.5, 0.6) is 0 Å². The van der Waals surface area contributed by atoms with Gasteiger partial charge < -0.3 is 14.3 Å². The third-order valence-electron chi connectivity index (χ3n) is 13.9. The molecule has 5 heteroatoms. The van der Waals surface area contributed by atoms with E-state index in [1.54, 1.807) is 0 Å². The maximum atomic E-state index is 5.84. The number of nitrogens with one attached hydrogen (secondary N) is 1. The molecule has 1 N–H and O–H groups in total. The van der Waals surface area contributed by atoms with Crippen molar-refractivity contribution in [3.63, 3.8) is 0 Å². The Labute approximate surface area is 360 Å². The van der Waals surface area contributed by atoms with E-state index in [1.807, 2.05) is 0 Å². The van der Waals surface area contributed by atoms with Crippen LogP contribution < -0.4 is 5.32 Å². The van der Waals surface area contributed by atoms with E-state index in [2.05, 4.69) is 219 Å². The Balaban J connectivity index is 1.08. The van der Waals surface area contributed by atoms with Crippen molar-refractivity contribution in [2.45, 2.75) is 6.29 Å². The average molecular weight is 802 g/mol. The number of anilines is 1. The minimum absolute atomic E-state index is 0.458. The molecule has 0 fully saturated rings. The molecule has 10 aromatic carbocycles. The van der Waals surface area contributed by atoms with Gasteiger partial charge in [-0.2, -0.15) is 0 Å². The largest absolute Gasteiger partial charge is 0.346 e. The minimum atomic E-state index is -0.458. The van der Waals surface area contributed by atoms with Crippen LogP contribution in [0.1, 0.15) is 17.4 Å². The van der Waals surface area contributed by atoms with Gasteiger partial charge in [-0.05, 0) is 70.1 Å². The van der Waals surface area contributed by atoms with Crippen LogP contribution in [-0.2, 0) is 0 Å². The van der Waals surface area contributed by atoms with E-state index in [0.717, 1.165) is 39.2 Å². The lowest BCUT2D eigenvalue weighted by Gasteiger charge is -2.28. The second kappa shape index (κ2) is 12.1. The van der Waals surface area contributed by atoms with Gasteiger partial charge in [-0.25, -0.2) is 4.99 Å². The van der Waals surface area contributed by atoms with Crippen LogP contribution >= 0.6 is 0 Å². The fourth-order valence-electron chi connectivity index (χ4n) is 11.4. The molecule has 5 heterocycles. The highest BCUT2D eigenvalue weighted by atomic mass is 15.3. The molecule has 0 saturated carbocycles. The topological polar surface area (TPSA) is 38.7 Å². The molecule has 15 rings (SSSR count). The Bertz CT molecular complexity index is 4300. The Morgan fingerprint density at radius 3 is 1.87 bits per heavy atom. The lowest BCUT2D eigenvalue weighted by molar-refractivity contribution is 0.625. The molecule has 0 saturated heterocycles. The van der Waals surface area contributed by atoms with E-state index in [9.17, 15) is 0 Å². The molecular weight excluding hydrogens is 767 g/mol. The molecule has 292 valence electrons. The quantitative estimate of drug-likeness (QED) is 0.190. The van der Waals surface area contributed by atoms with Gasteiger partial charge in [-0.3, -0.25) is 4.57 Å². The third kappa shape index (κ3) is 4.33. The summed E-state index contributed by atoms with van der Waals surface area (Å²) in [5, 5.41) is 19.0. The molecule has 1 atom stereocenters. The van der Waals surface area contributed by atoms with Crippen LogP contribution in [0.2, 0.25) is 0 Å². The van der Waals surface area contributed by atoms with Crippen molar-refractivity contribution in [2.75, 3.05) is 5.32 Å². The van der Waals surface area contributed by atoms with Gasteiger partial charge in [-0.1, -0.05) is 152 Å². The van der Waals surface area contributed by atoms with Gasteiger partial charge in [0.15, 0.2) is 0 Å². The summed E-state index contributed by atoms with van der Waals surface area (Å²) in [6.07, 6.45) is -0.458. The number of nitrogens with zero attached hydrogens (tertiary/aromatic N) is 4. The van der Waals surface area contributed by atoms with Crippen LogP contribution in [-0.4, -0.2) is 19.2 Å². The summed E-state index contributed by atoms with van der Waals surface area (Å²) in [6.45, 7) is 0. The summed E-state index contributed by atoms with van der Waals surface area (Å²) in [4.78, 5) is 5.84. The number of aromatic nitrogens is 3. The van der Waals surface area contributed by atoms with Crippen LogP contribution in [0.3, 0.4) is 0 Å². The second-order valence-corrected chi connectivity index (χ2v) is 17.1. The van der Waals surface area contributed by atoms with Gasteiger partial charge in [0.25, 0.3) is 0 Å². The highest BCUT2D eigenvalue weighted by Crippen LogP contribution is 2.49. The molecule has 1 aliphatic heterocycles. The molecule has 1 unspecified atom stereocenters. The second-order valence-electron chi connectivity index (χ2n) is 17.1. The lowest BCUT2D eigenvalue weighted by atomic mass is 9.97. The zero-order valence-corrected chi connectivity index (χ0v) is 33.9. The Morgan fingerprint density at radius 1 is 0.397 bits per heavy atom. The molecule has 14 aromatic rings. The van der Waals surface area contributed by atoms with Gasteiger partial charge in [0.05, 0.1) is 44.3 Å². The SMILES string of the molecule is c1ccc(-n2c3ccccc3c3ccc(C4=NC(n5c6ccccc6c6c7ccccc7c7c8cccc9c%10cc%11ccccc%11cc%10n(c98)c7c65)Nc5ccccc54)cc32)cc1. The van der Waals surface area contributed by atoms with Gasteiger partial charge in [0.1, 0.15) is 0 Å². The highest BCUT2D eigenvalue weighted by Gasteiger charge is 2.30. The fraction of sp³-hybridized carbons (Fsp3) is 0.0172. The van der Waals surface area contributed by atoms with Gasteiger partial charge >= 0.3 is 0 Å². The van der Waals surface area contributed by atoms with Crippen LogP contribution in [0.15, 0.2) is 205 Å². The molecule has 0 radical (unpaired) electrons. The maximum Gasteiger partial charge on any atom is 0.201 e. The number of benzene rings is 10. The Morgan fingerprint density at radius 2 is 1.03 bits per heavy atom. The van der Waals surface area contributed by atoms with Gasteiger partial charge in [0, 0.05) is 65.6 Å². The third-order valence-corrected chi connectivity index (χ3v) is 13.9. The maximum absolute atomic E-state index is 5.84. The molecular formula is C58H35N5. The summed E-state index contributed by atoms with van der Waals surface area (Å²) in [7, 11) is 0. The van der Waals surface area contributed by atoms with Crippen molar-refractivity contribution in [1.29, 1.82) is 0 Å². The zero-order chi connectivity index (χ0) is 40.9. The number of hydrogen-bond donors (Lipinski definition) is 1.